The molecule has 0 heterocycles. The molecule has 0 aliphatic rings. The molecule has 0 fully saturated rings. The van der Waals surface area contributed by atoms with Gasteiger partial charge in [0.2, 0.25) is 5.91 Å². The molecule has 0 aliphatic carbocycles. The van der Waals surface area contributed by atoms with Crippen molar-refractivity contribution in [1.29, 1.82) is 0 Å². The van der Waals surface area contributed by atoms with Gasteiger partial charge >= 0.3 is 6.18 Å². The third kappa shape index (κ3) is 4.28. The second kappa shape index (κ2) is 6.06. The van der Waals surface area contributed by atoms with Crippen LogP contribution in [0.1, 0.15) is 18.9 Å². The second-order valence-electron chi connectivity index (χ2n) is 3.59. The Labute approximate surface area is 119 Å². The van der Waals surface area contributed by atoms with Gasteiger partial charge in [-0.25, -0.2) is 0 Å². The molecule has 0 bridgehead atoms. The van der Waals surface area contributed by atoms with Crippen LogP contribution in [-0.4, -0.2) is 10.7 Å². The van der Waals surface area contributed by atoms with Crippen LogP contribution in [0, 0.1) is 0 Å². The van der Waals surface area contributed by atoms with Crippen LogP contribution in [0.25, 0.3) is 0 Å². The molecule has 1 aromatic carbocycles. The SMILES string of the molecule is CCC(Br)C(=O)Nc1cc(Br)cc(C(F)(F)F)c1. The second-order valence-corrected chi connectivity index (χ2v) is 5.61. The lowest BCUT2D eigenvalue weighted by atomic mass is 10.2. The molecule has 0 aromatic heterocycles. The van der Waals surface area contributed by atoms with E-state index in [9.17, 15) is 18.0 Å². The Morgan fingerprint density at radius 1 is 1.39 bits per heavy atom. The number of benzene rings is 1. The topological polar surface area (TPSA) is 29.1 Å². The van der Waals surface area contributed by atoms with Crippen molar-refractivity contribution in [3.05, 3.63) is 28.2 Å². The largest absolute Gasteiger partial charge is 0.416 e. The third-order valence-corrected chi connectivity index (χ3v) is 3.66. The Balaban J connectivity index is 2.97. The molecule has 1 rings (SSSR count). The molecular formula is C11H10Br2F3NO. The molecule has 1 N–H and O–H groups in total. The summed E-state index contributed by atoms with van der Waals surface area (Å²) in [6.45, 7) is 1.79. The molecule has 7 heteroatoms. The van der Waals surface area contributed by atoms with Gasteiger partial charge in [-0.15, -0.1) is 0 Å². The number of hydrogen-bond acceptors (Lipinski definition) is 1. The molecule has 0 spiro atoms. The smallest absolute Gasteiger partial charge is 0.325 e. The molecule has 18 heavy (non-hydrogen) atoms. The summed E-state index contributed by atoms with van der Waals surface area (Å²) in [6, 6.07) is 3.28. The van der Waals surface area contributed by atoms with Gasteiger partial charge in [-0.05, 0) is 24.6 Å². The van der Waals surface area contributed by atoms with E-state index in [1.54, 1.807) is 6.92 Å². The summed E-state index contributed by atoms with van der Waals surface area (Å²) in [7, 11) is 0. The summed E-state index contributed by atoms with van der Waals surface area (Å²) >= 11 is 6.12. The zero-order valence-corrected chi connectivity index (χ0v) is 12.5. The average Bonchev–Trinajstić information content (AvgIpc) is 2.25. The number of carbonyl (C=O) groups is 1. The number of rotatable bonds is 3. The van der Waals surface area contributed by atoms with E-state index in [-0.39, 0.29) is 16.1 Å². The van der Waals surface area contributed by atoms with Crippen molar-refractivity contribution in [2.45, 2.75) is 24.3 Å². The minimum atomic E-state index is -4.44. The maximum absolute atomic E-state index is 12.6. The Morgan fingerprint density at radius 2 is 2.00 bits per heavy atom. The lowest BCUT2D eigenvalue weighted by Crippen LogP contribution is -2.22. The summed E-state index contributed by atoms with van der Waals surface area (Å²) in [4.78, 5) is 11.1. The minimum Gasteiger partial charge on any atom is -0.325 e. The van der Waals surface area contributed by atoms with Gasteiger partial charge in [-0.2, -0.15) is 13.2 Å². The molecule has 0 radical (unpaired) electrons. The Morgan fingerprint density at radius 3 is 2.50 bits per heavy atom. The van der Waals surface area contributed by atoms with E-state index in [2.05, 4.69) is 37.2 Å². The molecule has 1 unspecified atom stereocenters. The number of amides is 1. The Kier molecular flexibility index (Phi) is 5.21. The zero-order chi connectivity index (χ0) is 13.9. The van der Waals surface area contributed by atoms with Crippen LogP contribution in [0.5, 0.6) is 0 Å². The van der Waals surface area contributed by atoms with Gasteiger partial charge in [0.25, 0.3) is 0 Å². The summed E-state index contributed by atoms with van der Waals surface area (Å²) in [6.07, 6.45) is -3.90. The lowest BCUT2D eigenvalue weighted by molar-refractivity contribution is -0.137. The fourth-order valence-corrected chi connectivity index (χ4v) is 1.84. The molecule has 0 saturated heterocycles. The maximum atomic E-state index is 12.6. The van der Waals surface area contributed by atoms with Crippen LogP contribution < -0.4 is 5.32 Å². The van der Waals surface area contributed by atoms with Gasteiger partial charge in [-0.1, -0.05) is 38.8 Å². The average molecular weight is 389 g/mol. The van der Waals surface area contributed by atoms with E-state index >= 15 is 0 Å². The first-order valence-corrected chi connectivity index (χ1v) is 6.77. The van der Waals surface area contributed by atoms with Crippen molar-refractivity contribution in [2.24, 2.45) is 0 Å². The number of carbonyl (C=O) groups excluding carboxylic acids is 1. The van der Waals surface area contributed by atoms with Gasteiger partial charge in [-0.3, -0.25) is 4.79 Å². The van der Waals surface area contributed by atoms with Crippen molar-refractivity contribution >= 4 is 43.5 Å². The normalized spacial score (nSPS) is 13.2. The first-order chi connectivity index (χ1) is 8.24. The standard InChI is InChI=1S/C11H10Br2F3NO/c1-2-9(13)10(18)17-8-4-6(11(14,15)16)3-7(12)5-8/h3-5,9H,2H2,1H3,(H,17,18). The van der Waals surface area contributed by atoms with Gasteiger partial charge in [0.05, 0.1) is 10.4 Å². The fraction of sp³-hybridized carbons (Fsp3) is 0.364. The third-order valence-electron chi connectivity index (χ3n) is 2.14. The van der Waals surface area contributed by atoms with E-state index in [1.165, 1.54) is 6.07 Å². The van der Waals surface area contributed by atoms with Crippen LogP contribution in [0.2, 0.25) is 0 Å². The van der Waals surface area contributed by atoms with E-state index in [0.29, 0.717) is 6.42 Å². The van der Waals surface area contributed by atoms with Crippen molar-refractivity contribution in [1.82, 2.24) is 0 Å². The van der Waals surface area contributed by atoms with Crippen LogP contribution in [0.3, 0.4) is 0 Å². The molecule has 0 aliphatic heterocycles. The molecular weight excluding hydrogens is 379 g/mol. The first-order valence-electron chi connectivity index (χ1n) is 5.06. The molecule has 0 saturated carbocycles. The lowest BCUT2D eigenvalue weighted by Gasteiger charge is -2.12. The number of halogens is 5. The number of alkyl halides is 4. The van der Waals surface area contributed by atoms with Crippen LogP contribution >= 0.6 is 31.9 Å². The quantitative estimate of drug-likeness (QED) is 0.754. The highest BCUT2D eigenvalue weighted by Crippen LogP contribution is 2.33. The molecule has 100 valence electrons. The van der Waals surface area contributed by atoms with Crippen molar-refractivity contribution < 1.29 is 18.0 Å². The highest BCUT2D eigenvalue weighted by atomic mass is 79.9. The summed E-state index contributed by atoms with van der Waals surface area (Å²) in [5, 5.41) is 2.43. The predicted molar refractivity (Wildman–Crippen MR) is 70.8 cm³/mol. The van der Waals surface area contributed by atoms with Crippen molar-refractivity contribution in [2.75, 3.05) is 5.32 Å². The summed E-state index contributed by atoms with van der Waals surface area (Å²) in [5.74, 6) is -0.372. The highest BCUT2D eigenvalue weighted by Gasteiger charge is 2.31. The van der Waals surface area contributed by atoms with Gasteiger partial charge in [0.15, 0.2) is 0 Å². The summed E-state index contributed by atoms with van der Waals surface area (Å²) < 4.78 is 38.0. The van der Waals surface area contributed by atoms with E-state index in [1.807, 2.05) is 0 Å². The monoisotopic (exact) mass is 387 g/mol. The van der Waals surface area contributed by atoms with Crippen molar-refractivity contribution in [3.8, 4) is 0 Å². The van der Waals surface area contributed by atoms with Gasteiger partial charge in [0.1, 0.15) is 0 Å². The minimum absolute atomic E-state index is 0.111. The molecule has 1 atom stereocenters. The Hall–Kier alpha value is -0.560. The zero-order valence-electron chi connectivity index (χ0n) is 9.31. The van der Waals surface area contributed by atoms with Crippen molar-refractivity contribution in [3.63, 3.8) is 0 Å². The van der Waals surface area contributed by atoms with E-state index in [0.717, 1.165) is 12.1 Å². The molecule has 1 amide bonds. The van der Waals surface area contributed by atoms with E-state index in [4.69, 9.17) is 0 Å². The highest BCUT2D eigenvalue weighted by molar-refractivity contribution is 9.10. The first kappa shape index (κ1) is 15.5. The van der Waals surface area contributed by atoms with Crippen LogP contribution in [0.4, 0.5) is 18.9 Å². The molecule has 2 nitrogen and oxygen atoms in total. The maximum Gasteiger partial charge on any atom is 0.416 e. The molecule has 1 aromatic rings. The summed E-state index contributed by atoms with van der Waals surface area (Å²) in [5.41, 5.74) is -0.700. The Bertz CT molecular complexity index is 448. The predicted octanol–water partition coefficient (Wildman–Crippen LogP) is 4.58. The number of anilines is 1. The van der Waals surface area contributed by atoms with E-state index < -0.39 is 16.6 Å². The van der Waals surface area contributed by atoms with Crippen LogP contribution in [-0.2, 0) is 11.0 Å². The fourth-order valence-electron chi connectivity index (χ4n) is 1.23. The van der Waals surface area contributed by atoms with Gasteiger partial charge in [0, 0.05) is 10.2 Å². The number of nitrogens with one attached hydrogen (secondary N) is 1. The van der Waals surface area contributed by atoms with Crippen LogP contribution in [0.15, 0.2) is 22.7 Å². The number of hydrogen-bond donors (Lipinski definition) is 1. The van der Waals surface area contributed by atoms with Gasteiger partial charge < -0.3 is 5.32 Å².